The zero-order valence-corrected chi connectivity index (χ0v) is 12.3. The van der Waals surface area contributed by atoms with Crippen LogP contribution in [0.1, 0.15) is 35.6 Å². The van der Waals surface area contributed by atoms with Gasteiger partial charge in [-0.25, -0.2) is 0 Å². The lowest BCUT2D eigenvalue weighted by Gasteiger charge is -2.33. The Balaban J connectivity index is 1.71. The molecule has 20 heavy (non-hydrogen) atoms. The van der Waals surface area contributed by atoms with Crippen LogP contribution in [0.5, 0.6) is 0 Å². The van der Waals surface area contributed by atoms with E-state index >= 15 is 0 Å². The molecule has 3 nitrogen and oxygen atoms in total. The predicted molar refractivity (Wildman–Crippen MR) is 81.6 cm³/mol. The summed E-state index contributed by atoms with van der Waals surface area (Å²) in [5.74, 6) is 0.718. The van der Waals surface area contributed by atoms with Crippen LogP contribution in [0.25, 0.3) is 0 Å². The molecule has 2 aromatic rings. The third kappa shape index (κ3) is 2.63. The van der Waals surface area contributed by atoms with Crippen molar-refractivity contribution in [2.45, 2.75) is 31.7 Å². The Morgan fingerprint density at radius 3 is 2.95 bits per heavy atom. The maximum Gasteiger partial charge on any atom is 0.0521 e. The van der Waals surface area contributed by atoms with Gasteiger partial charge < -0.3 is 5.32 Å². The van der Waals surface area contributed by atoms with E-state index < -0.39 is 0 Å². The molecule has 0 bridgehead atoms. The van der Waals surface area contributed by atoms with Crippen LogP contribution in [-0.2, 0) is 19.9 Å². The molecule has 1 aromatic carbocycles. The van der Waals surface area contributed by atoms with Crippen LogP contribution >= 0.6 is 0 Å². The van der Waals surface area contributed by atoms with Crippen molar-refractivity contribution in [1.82, 2.24) is 15.1 Å². The SMILES string of the molecule is CNC1c2ccccc2CCC1CCc1cnn(C)c1. The summed E-state index contributed by atoms with van der Waals surface area (Å²) >= 11 is 0. The average Bonchev–Trinajstić information content (AvgIpc) is 2.90. The molecule has 1 aromatic heterocycles. The van der Waals surface area contributed by atoms with Gasteiger partial charge in [0.15, 0.2) is 0 Å². The number of aromatic nitrogens is 2. The molecule has 1 heterocycles. The van der Waals surface area contributed by atoms with Crippen molar-refractivity contribution in [2.24, 2.45) is 13.0 Å². The molecule has 106 valence electrons. The molecule has 0 spiro atoms. The lowest BCUT2D eigenvalue weighted by atomic mass is 9.77. The lowest BCUT2D eigenvalue weighted by Crippen LogP contribution is -2.30. The number of nitrogens with one attached hydrogen (secondary N) is 1. The standard InChI is InChI=1S/C17H23N3/c1-18-17-15(8-7-13-11-19-20(2)12-13)10-9-14-5-3-4-6-16(14)17/h3-6,11-12,15,17-18H,7-10H2,1-2H3. The minimum absolute atomic E-state index is 0.497. The quantitative estimate of drug-likeness (QED) is 0.925. The zero-order valence-electron chi connectivity index (χ0n) is 12.3. The van der Waals surface area contributed by atoms with Crippen LogP contribution in [0.2, 0.25) is 0 Å². The number of nitrogens with zero attached hydrogens (tertiary/aromatic N) is 2. The van der Waals surface area contributed by atoms with Crippen LogP contribution in [0.3, 0.4) is 0 Å². The number of hydrogen-bond donors (Lipinski definition) is 1. The average molecular weight is 269 g/mol. The molecule has 1 N–H and O–H groups in total. The molecule has 0 aliphatic heterocycles. The van der Waals surface area contributed by atoms with E-state index in [2.05, 4.69) is 47.9 Å². The van der Waals surface area contributed by atoms with Crippen molar-refractivity contribution >= 4 is 0 Å². The Hall–Kier alpha value is -1.61. The van der Waals surface area contributed by atoms with Crippen LogP contribution in [-0.4, -0.2) is 16.8 Å². The molecule has 2 unspecified atom stereocenters. The van der Waals surface area contributed by atoms with Crippen LogP contribution < -0.4 is 5.32 Å². The molecular weight excluding hydrogens is 246 g/mol. The fraction of sp³-hybridized carbons (Fsp3) is 0.471. The second-order valence-corrected chi connectivity index (χ2v) is 5.82. The first-order chi connectivity index (χ1) is 9.78. The molecule has 1 aliphatic rings. The van der Waals surface area contributed by atoms with Crippen molar-refractivity contribution in [1.29, 1.82) is 0 Å². The summed E-state index contributed by atoms with van der Waals surface area (Å²) in [6.45, 7) is 0. The van der Waals surface area contributed by atoms with Gasteiger partial charge in [0.2, 0.25) is 0 Å². The molecule has 1 aliphatic carbocycles. The highest BCUT2D eigenvalue weighted by Crippen LogP contribution is 2.36. The van der Waals surface area contributed by atoms with Crippen molar-refractivity contribution in [3.63, 3.8) is 0 Å². The van der Waals surface area contributed by atoms with Gasteiger partial charge in [0.25, 0.3) is 0 Å². The number of fused-ring (bicyclic) bond motifs is 1. The van der Waals surface area contributed by atoms with Gasteiger partial charge in [-0.05, 0) is 55.3 Å². The third-order valence-electron chi connectivity index (χ3n) is 4.52. The Morgan fingerprint density at radius 2 is 2.20 bits per heavy atom. The van der Waals surface area contributed by atoms with Gasteiger partial charge in [-0.1, -0.05) is 24.3 Å². The summed E-state index contributed by atoms with van der Waals surface area (Å²) < 4.78 is 1.89. The van der Waals surface area contributed by atoms with E-state index in [9.17, 15) is 0 Å². The largest absolute Gasteiger partial charge is 0.313 e. The molecule has 0 saturated heterocycles. The van der Waals surface area contributed by atoms with Crippen molar-refractivity contribution in [2.75, 3.05) is 7.05 Å². The molecule has 0 saturated carbocycles. The highest BCUT2D eigenvalue weighted by Gasteiger charge is 2.27. The van der Waals surface area contributed by atoms with E-state index in [1.54, 1.807) is 0 Å². The lowest BCUT2D eigenvalue weighted by molar-refractivity contribution is 0.317. The zero-order chi connectivity index (χ0) is 13.9. The highest BCUT2D eigenvalue weighted by molar-refractivity contribution is 5.33. The Bertz CT molecular complexity index is 573. The smallest absolute Gasteiger partial charge is 0.0521 e. The molecule has 3 rings (SSSR count). The molecule has 2 atom stereocenters. The topological polar surface area (TPSA) is 29.9 Å². The molecule has 3 heteroatoms. The van der Waals surface area contributed by atoms with Gasteiger partial charge in [0, 0.05) is 19.3 Å². The third-order valence-corrected chi connectivity index (χ3v) is 4.52. The van der Waals surface area contributed by atoms with E-state index in [4.69, 9.17) is 0 Å². The van der Waals surface area contributed by atoms with Crippen LogP contribution in [0.4, 0.5) is 0 Å². The minimum Gasteiger partial charge on any atom is -0.313 e. The number of benzene rings is 1. The molecule has 0 amide bonds. The number of aryl methyl sites for hydroxylation is 3. The summed E-state index contributed by atoms with van der Waals surface area (Å²) in [4.78, 5) is 0. The Kier molecular flexibility index (Phi) is 3.88. The first-order valence-electron chi connectivity index (χ1n) is 7.50. The van der Waals surface area contributed by atoms with Crippen molar-refractivity contribution in [3.05, 3.63) is 53.3 Å². The van der Waals surface area contributed by atoms with E-state index in [1.165, 1.54) is 36.0 Å². The monoisotopic (exact) mass is 269 g/mol. The second kappa shape index (κ2) is 5.80. The van der Waals surface area contributed by atoms with Gasteiger partial charge in [-0.15, -0.1) is 0 Å². The second-order valence-electron chi connectivity index (χ2n) is 5.82. The van der Waals surface area contributed by atoms with E-state index in [0.717, 1.165) is 12.3 Å². The van der Waals surface area contributed by atoms with Crippen LogP contribution in [0, 0.1) is 5.92 Å². The van der Waals surface area contributed by atoms with E-state index in [1.807, 2.05) is 17.9 Å². The normalized spacial score (nSPS) is 21.7. The first-order valence-corrected chi connectivity index (χ1v) is 7.50. The van der Waals surface area contributed by atoms with Crippen molar-refractivity contribution in [3.8, 4) is 0 Å². The van der Waals surface area contributed by atoms with Crippen molar-refractivity contribution < 1.29 is 0 Å². The molecule has 0 radical (unpaired) electrons. The number of rotatable bonds is 4. The maximum absolute atomic E-state index is 4.26. The first kappa shape index (κ1) is 13.4. The summed E-state index contributed by atoms with van der Waals surface area (Å²) in [7, 11) is 4.07. The Morgan fingerprint density at radius 1 is 1.35 bits per heavy atom. The summed E-state index contributed by atoms with van der Waals surface area (Å²) in [5, 5.41) is 7.79. The summed E-state index contributed by atoms with van der Waals surface area (Å²) in [5.41, 5.74) is 4.36. The predicted octanol–water partition coefficient (Wildman–Crippen LogP) is 2.88. The molecule has 0 fully saturated rings. The Labute approximate surface area is 121 Å². The van der Waals surface area contributed by atoms with E-state index in [-0.39, 0.29) is 0 Å². The van der Waals surface area contributed by atoms with Gasteiger partial charge >= 0.3 is 0 Å². The maximum atomic E-state index is 4.26. The minimum atomic E-state index is 0.497. The summed E-state index contributed by atoms with van der Waals surface area (Å²) in [6, 6.07) is 9.37. The fourth-order valence-corrected chi connectivity index (χ4v) is 3.48. The fourth-order valence-electron chi connectivity index (χ4n) is 3.48. The van der Waals surface area contributed by atoms with Gasteiger partial charge in [-0.3, -0.25) is 4.68 Å². The van der Waals surface area contributed by atoms with E-state index in [0.29, 0.717) is 6.04 Å². The van der Waals surface area contributed by atoms with Gasteiger partial charge in [-0.2, -0.15) is 5.10 Å². The highest BCUT2D eigenvalue weighted by atomic mass is 15.2. The van der Waals surface area contributed by atoms with Gasteiger partial charge in [0.1, 0.15) is 0 Å². The number of hydrogen-bond acceptors (Lipinski definition) is 2. The summed E-state index contributed by atoms with van der Waals surface area (Å²) in [6.07, 6.45) is 8.97. The van der Waals surface area contributed by atoms with Gasteiger partial charge in [0.05, 0.1) is 6.20 Å². The van der Waals surface area contributed by atoms with Crippen LogP contribution in [0.15, 0.2) is 36.7 Å². The molecular formula is C17H23N3.